The first-order valence-electron chi connectivity index (χ1n) is 9.09. The van der Waals surface area contributed by atoms with Crippen molar-refractivity contribution >= 4 is 34.4 Å². The zero-order valence-electron chi connectivity index (χ0n) is 14.6. The first kappa shape index (κ1) is 18.0. The largest absolute Gasteiger partial charge is 0.356 e. The van der Waals surface area contributed by atoms with Crippen molar-refractivity contribution in [3.63, 3.8) is 0 Å². The predicted molar refractivity (Wildman–Crippen MR) is 102 cm³/mol. The van der Waals surface area contributed by atoms with Gasteiger partial charge < -0.3 is 5.32 Å². The summed E-state index contributed by atoms with van der Waals surface area (Å²) in [7, 11) is 0. The fourth-order valence-electron chi connectivity index (χ4n) is 3.42. The van der Waals surface area contributed by atoms with E-state index in [1.807, 2.05) is 42.2 Å². The normalized spacial score (nSPS) is 23.2. The van der Waals surface area contributed by atoms with Crippen LogP contribution in [0.15, 0.2) is 35.3 Å². The second-order valence-electron chi connectivity index (χ2n) is 6.49. The third kappa shape index (κ3) is 4.42. The Balaban J connectivity index is 1.83. The van der Waals surface area contributed by atoms with Gasteiger partial charge in [0.15, 0.2) is 5.17 Å². The zero-order chi connectivity index (χ0) is 17.6. The monoisotopic (exact) mass is 359 g/mol. The molecule has 5 nitrogen and oxygen atoms in total. The summed E-state index contributed by atoms with van der Waals surface area (Å²) in [6.07, 6.45) is 5.80. The highest BCUT2D eigenvalue weighted by Gasteiger charge is 2.42. The Morgan fingerprint density at radius 3 is 2.64 bits per heavy atom. The Morgan fingerprint density at radius 1 is 1.24 bits per heavy atom. The number of hydrogen-bond acceptors (Lipinski definition) is 4. The molecule has 1 aromatic carbocycles. The van der Waals surface area contributed by atoms with E-state index in [0.717, 1.165) is 36.5 Å². The lowest BCUT2D eigenvalue weighted by Gasteiger charge is -2.30. The van der Waals surface area contributed by atoms with Gasteiger partial charge in [0.25, 0.3) is 0 Å². The van der Waals surface area contributed by atoms with Gasteiger partial charge in [-0.05, 0) is 31.9 Å². The van der Waals surface area contributed by atoms with E-state index >= 15 is 0 Å². The van der Waals surface area contributed by atoms with Crippen LogP contribution in [0, 0.1) is 0 Å². The quantitative estimate of drug-likeness (QED) is 0.875. The molecule has 1 N–H and O–H groups in total. The summed E-state index contributed by atoms with van der Waals surface area (Å²) in [6.45, 7) is 2.47. The molecule has 0 bridgehead atoms. The molecule has 1 saturated carbocycles. The summed E-state index contributed by atoms with van der Waals surface area (Å²) in [5.41, 5.74) is 0.845. The standard InChI is InChI=1S/C19H25N3O2S/c1-2-20-17(23)13-16-18(24)22(15-11-7-4-8-12-15)19(25-16)21-14-9-5-3-6-10-14/h3,5-6,9-10,15-16H,2,4,7-8,11-13H2,1H3,(H,20,23)/t16-/m1/s1. The van der Waals surface area contributed by atoms with E-state index in [4.69, 9.17) is 4.99 Å². The number of carbonyl (C=O) groups is 2. The SMILES string of the molecule is CCNC(=O)C[C@H]1SC(=Nc2ccccc2)N(C2CCCCC2)C1=O. The fraction of sp³-hybridized carbons (Fsp3) is 0.526. The number of hydrogen-bond donors (Lipinski definition) is 1. The van der Waals surface area contributed by atoms with Crippen molar-refractivity contribution in [2.24, 2.45) is 4.99 Å². The van der Waals surface area contributed by atoms with Crippen molar-refractivity contribution < 1.29 is 9.59 Å². The molecule has 0 spiro atoms. The third-order valence-corrected chi connectivity index (χ3v) is 5.78. The number of amidine groups is 1. The van der Waals surface area contributed by atoms with Crippen molar-refractivity contribution in [3.8, 4) is 0 Å². The maximum absolute atomic E-state index is 13.0. The fourth-order valence-corrected chi connectivity index (χ4v) is 4.63. The number of nitrogens with zero attached hydrogens (tertiary/aromatic N) is 2. The van der Waals surface area contributed by atoms with Crippen molar-refractivity contribution in [3.05, 3.63) is 30.3 Å². The molecular formula is C19H25N3O2S. The van der Waals surface area contributed by atoms with Crippen LogP contribution in [0.2, 0.25) is 0 Å². The molecule has 1 atom stereocenters. The number of rotatable bonds is 5. The van der Waals surface area contributed by atoms with Crippen molar-refractivity contribution in [1.82, 2.24) is 10.2 Å². The molecule has 134 valence electrons. The predicted octanol–water partition coefficient (Wildman–Crippen LogP) is 3.48. The first-order chi connectivity index (χ1) is 12.2. The average molecular weight is 359 g/mol. The van der Waals surface area contributed by atoms with Gasteiger partial charge in [0, 0.05) is 19.0 Å². The Bertz CT molecular complexity index is 641. The minimum atomic E-state index is -0.365. The van der Waals surface area contributed by atoms with Gasteiger partial charge in [0.05, 0.1) is 5.69 Å². The summed E-state index contributed by atoms with van der Waals surface area (Å²) >= 11 is 1.44. The van der Waals surface area contributed by atoms with E-state index in [1.54, 1.807) is 0 Å². The molecule has 0 aromatic heterocycles. The lowest BCUT2D eigenvalue weighted by atomic mass is 9.94. The lowest BCUT2D eigenvalue weighted by molar-refractivity contribution is -0.130. The first-order valence-corrected chi connectivity index (χ1v) is 9.97. The van der Waals surface area contributed by atoms with Crippen molar-refractivity contribution in [2.75, 3.05) is 6.54 Å². The van der Waals surface area contributed by atoms with Gasteiger partial charge >= 0.3 is 0 Å². The third-order valence-electron chi connectivity index (χ3n) is 4.63. The molecule has 0 unspecified atom stereocenters. The Hall–Kier alpha value is -1.82. The van der Waals surface area contributed by atoms with Gasteiger partial charge in [0.1, 0.15) is 5.25 Å². The van der Waals surface area contributed by atoms with Crippen molar-refractivity contribution in [1.29, 1.82) is 0 Å². The van der Waals surface area contributed by atoms with E-state index < -0.39 is 0 Å². The summed E-state index contributed by atoms with van der Waals surface area (Å²) in [5.74, 6) is -0.0317. The minimum Gasteiger partial charge on any atom is -0.356 e. The number of benzene rings is 1. The molecule has 1 aliphatic heterocycles. The Kier molecular flexibility index (Phi) is 6.13. The minimum absolute atomic E-state index is 0.0397. The molecule has 2 fully saturated rings. The Morgan fingerprint density at radius 2 is 1.96 bits per heavy atom. The molecule has 1 aromatic rings. The second kappa shape index (κ2) is 8.52. The van der Waals surface area contributed by atoms with E-state index in [1.165, 1.54) is 18.2 Å². The molecule has 3 rings (SSSR count). The van der Waals surface area contributed by atoms with Crippen LogP contribution in [0.4, 0.5) is 5.69 Å². The van der Waals surface area contributed by atoms with E-state index in [-0.39, 0.29) is 29.5 Å². The van der Waals surface area contributed by atoms with Crippen LogP contribution in [0.25, 0.3) is 0 Å². The molecule has 1 heterocycles. The van der Waals surface area contributed by atoms with E-state index in [9.17, 15) is 9.59 Å². The molecular weight excluding hydrogens is 334 g/mol. The number of aliphatic imine (C=N–C) groups is 1. The van der Waals surface area contributed by atoms with Gasteiger partial charge in [-0.1, -0.05) is 49.2 Å². The molecule has 1 aliphatic carbocycles. The van der Waals surface area contributed by atoms with Gasteiger partial charge in [-0.25, -0.2) is 4.99 Å². The smallest absolute Gasteiger partial charge is 0.242 e. The zero-order valence-corrected chi connectivity index (χ0v) is 15.4. The van der Waals surface area contributed by atoms with Crippen LogP contribution in [0.1, 0.15) is 45.4 Å². The summed E-state index contributed by atoms with van der Waals surface area (Å²) in [5, 5.41) is 3.17. The number of nitrogens with one attached hydrogen (secondary N) is 1. The number of thioether (sulfide) groups is 1. The number of para-hydroxylation sites is 1. The maximum atomic E-state index is 13.0. The molecule has 2 aliphatic rings. The summed E-state index contributed by atoms with van der Waals surface area (Å²) in [4.78, 5) is 31.5. The molecule has 0 radical (unpaired) electrons. The lowest BCUT2D eigenvalue weighted by Crippen LogP contribution is -2.42. The van der Waals surface area contributed by atoms with Crippen LogP contribution < -0.4 is 5.32 Å². The van der Waals surface area contributed by atoms with Crippen LogP contribution in [-0.4, -0.2) is 39.7 Å². The Labute approximate surface area is 153 Å². The number of amides is 2. The molecule has 2 amide bonds. The van der Waals surface area contributed by atoms with Gasteiger partial charge in [-0.3, -0.25) is 14.5 Å². The highest BCUT2D eigenvalue weighted by Crippen LogP contribution is 2.36. The highest BCUT2D eigenvalue weighted by molar-refractivity contribution is 8.15. The summed E-state index contributed by atoms with van der Waals surface area (Å²) in [6, 6.07) is 9.93. The van der Waals surface area contributed by atoms with Crippen LogP contribution in [-0.2, 0) is 9.59 Å². The maximum Gasteiger partial charge on any atom is 0.242 e. The second-order valence-corrected chi connectivity index (χ2v) is 7.66. The summed E-state index contributed by atoms with van der Waals surface area (Å²) < 4.78 is 0. The van der Waals surface area contributed by atoms with Crippen LogP contribution in [0.3, 0.4) is 0 Å². The van der Waals surface area contributed by atoms with Crippen molar-refractivity contribution in [2.45, 2.75) is 56.7 Å². The van der Waals surface area contributed by atoms with E-state index in [0.29, 0.717) is 6.54 Å². The van der Waals surface area contributed by atoms with E-state index in [2.05, 4.69) is 5.32 Å². The van der Waals surface area contributed by atoms with Gasteiger partial charge in [-0.2, -0.15) is 0 Å². The molecule has 1 saturated heterocycles. The average Bonchev–Trinajstić information content (AvgIpc) is 2.92. The molecule has 25 heavy (non-hydrogen) atoms. The molecule has 6 heteroatoms. The van der Waals surface area contributed by atoms with Crippen LogP contribution in [0.5, 0.6) is 0 Å². The van der Waals surface area contributed by atoms with Gasteiger partial charge in [-0.15, -0.1) is 0 Å². The topological polar surface area (TPSA) is 61.8 Å². The van der Waals surface area contributed by atoms with Crippen LogP contribution >= 0.6 is 11.8 Å². The van der Waals surface area contributed by atoms with Gasteiger partial charge in [0.2, 0.25) is 11.8 Å². The highest BCUT2D eigenvalue weighted by atomic mass is 32.2. The number of carbonyl (C=O) groups excluding carboxylic acids is 2.